The van der Waals surface area contributed by atoms with Crippen LogP contribution < -0.4 is 0 Å². The Morgan fingerprint density at radius 3 is 2.73 bits per heavy atom. The van der Waals surface area contributed by atoms with E-state index in [1.807, 2.05) is 0 Å². The van der Waals surface area contributed by atoms with E-state index in [1.165, 1.54) is 4.40 Å². The fourth-order valence-corrected chi connectivity index (χ4v) is 1.57. The largest absolute Gasteiger partial charge is 0.394 e. The van der Waals surface area contributed by atoms with Crippen molar-refractivity contribution in [1.29, 1.82) is 0 Å². The summed E-state index contributed by atoms with van der Waals surface area (Å²) >= 11 is 0. The normalized spacial score (nSPS) is 12.3. The van der Waals surface area contributed by atoms with E-state index in [4.69, 9.17) is 0 Å². The zero-order chi connectivity index (χ0) is 11.1. The fraction of sp³-hybridized carbons (Fsp3) is 0.300. The number of aryl methyl sites for hydroxylation is 1. The highest BCUT2D eigenvalue weighted by molar-refractivity contribution is 5.42. The van der Waals surface area contributed by atoms with Crippen LogP contribution in [-0.4, -0.2) is 15.6 Å². The minimum absolute atomic E-state index is 0.207. The van der Waals surface area contributed by atoms with E-state index in [9.17, 15) is 13.2 Å². The first-order valence-electron chi connectivity index (χ1n) is 4.47. The predicted molar refractivity (Wildman–Crippen MR) is 49.7 cm³/mol. The standard InChI is InChI=1S/C10H9F3N2/c1-7-8(6-10(11,12)13)15-5-3-2-4-9(15)14-7/h2-5H,6H2,1H3. The molecule has 2 rings (SSSR count). The molecule has 0 aliphatic heterocycles. The van der Waals surface area contributed by atoms with Crippen molar-refractivity contribution in [3.63, 3.8) is 0 Å². The van der Waals surface area contributed by atoms with Gasteiger partial charge in [-0.3, -0.25) is 0 Å². The Hall–Kier alpha value is -1.52. The van der Waals surface area contributed by atoms with E-state index in [0.29, 0.717) is 11.3 Å². The van der Waals surface area contributed by atoms with E-state index >= 15 is 0 Å². The number of aromatic nitrogens is 2. The van der Waals surface area contributed by atoms with E-state index in [2.05, 4.69) is 4.98 Å². The number of pyridine rings is 1. The van der Waals surface area contributed by atoms with Gasteiger partial charge in [0.2, 0.25) is 0 Å². The zero-order valence-electron chi connectivity index (χ0n) is 8.04. The minimum Gasteiger partial charge on any atom is -0.303 e. The van der Waals surface area contributed by atoms with Gasteiger partial charge in [0.1, 0.15) is 5.65 Å². The SMILES string of the molecule is Cc1nc2ccccn2c1CC(F)(F)F. The Labute approximate surface area is 84.4 Å². The van der Waals surface area contributed by atoms with E-state index in [0.717, 1.165) is 0 Å². The Balaban J connectivity index is 2.54. The Morgan fingerprint density at radius 2 is 2.07 bits per heavy atom. The Bertz CT molecular complexity index is 485. The van der Waals surface area contributed by atoms with Crippen LogP contribution in [0.25, 0.3) is 5.65 Å². The molecule has 80 valence electrons. The van der Waals surface area contributed by atoms with Gasteiger partial charge in [-0.2, -0.15) is 13.2 Å². The van der Waals surface area contributed by atoms with Gasteiger partial charge in [0, 0.05) is 6.20 Å². The molecule has 0 fully saturated rings. The average Bonchev–Trinajstić information content (AvgIpc) is 2.41. The van der Waals surface area contributed by atoms with Crippen molar-refractivity contribution in [2.24, 2.45) is 0 Å². The maximum absolute atomic E-state index is 12.3. The molecule has 0 saturated heterocycles. The van der Waals surface area contributed by atoms with Gasteiger partial charge in [0.05, 0.1) is 17.8 Å². The lowest BCUT2D eigenvalue weighted by atomic mass is 10.2. The quantitative estimate of drug-likeness (QED) is 0.713. The van der Waals surface area contributed by atoms with Crippen LogP contribution in [0.2, 0.25) is 0 Å². The average molecular weight is 214 g/mol. The van der Waals surface area contributed by atoms with Crippen molar-refractivity contribution in [2.75, 3.05) is 0 Å². The number of nitrogens with zero attached hydrogens (tertiary/aromatic N) is 2. The molecule has 0 spiro atoms. The van der Waals surface area contributed by atoms with Crippen molar-refractivity contribution in [2.45, 2.75) is 19.5 Å². The van der Waals surface area contributed by atoms with Gasteiger partial charge in [0.15, 0.2) is 0 Å². The molecule has 0 aliphatic carbocycles. The summed E-state index contributed by atoms with van der Waals surface area (Å²) in [5.74, 6) is 0. The number of hydrogen-bond donors (Lipinski definition) is 0. The highest BCUT2D eigenvalue weighted by atomic mass is 19.4. The maximum atomic E-state index is 12.3. The summed E-state index contributed by atoms with van der Waals surface area (Å²) in [6.45, 7) is 1.59. The van der Waals surface area contributed by atoms with E-state index < -0.39 is 12.6 Å². The van der Waals surface area contributed by atoms with Crippen molar-refractivity contribution in [3.05, 3.63) is 35.8 Å². The molecule has 2 aromatic heterocycles. The Kier molecular flexibility index (Phi) is 2.17. The molecule has 0 bridgehead atoms. The summed E-state index contributed by atoms with van der Waals surface area (Å²) in [5, 5.41) is 0. The second-order valence-electron chi connectivity index (χ2n) is 3.36. The molecule has 2 aromatic rings. The van der Waals surface area contributed by atoms with Crippen molar-refractivity contribution in [1.82, 2.24) is 9.38 Å². The minimum atomic E-state index is -4.20. The summed E-state index contributed by atoms with van der Waals surface area (Å²) in [4.78, 5) is 4.06. The van der Waals surface area contributed by atoms with Crippen LogP contribution in [0.1, 0.15) is 11.4 Å². The molecule has 0 N–H and O–H groups in total. The molecular formula is C10H9F3N2. The number of halogens is 3. The van der Waals surface area contributed by atoms with Crippen LogP contribution in [0, 0.1) is 6.92 Å². The highest BCUT2D eigenvalue weighted by Gasteiger charge is 2.30. The van der Waals surface area contributed by atoms with Crippen LogP contribution in [0.5, 0.6) is 0 Å². The first-order valence-corrected chi connectivity index (χ1v) is 4.47. The van der Waals surface area contributed by atoms with Crippen molar-refractivity contribution in [3.8, 4) is 0 Å². The van der Waals surface area contributed by atoms with Crippen LogP contribution in [0.3, 0.4) is 0 Å². The summed E-state index contributed by atoms with van der Waals surface area (Å²) in [5.41, 5.74) is 1.19. The second kappa shape index (κ2) is 3.25. The van der Waals surface area contributed by atoms with Crippen LogP contribution in [0.15, 0.2) is 24.4 Å². The molecule has 0 aromatic carbocycles. The number of fused-ring (bicyclic) bond motifs is 1. The molecule has 15 heavy (non-hydrogen) atoms. The predicted octanol–water partition coefficient (Wildman–Crippen LogP) is 2.75. The number of alkyl halides is 3. The first kappa shape index (κ1) is 10.0. The third kappa shape index (κ3) is 1.95. The fourth-order valence-electron chi connectivity index (χ4n) is 1.57. The molecule has 0 atom stereocenters. The molecule has 0 unspecified atom stereocenters. The zero-order valence-corrected chi connectivity index (χ0v) is 8.04. The summed E-state index contributed by atoms with van der Waals surface area (Å²) < 4.78 is 38.3. The van der Waals surface area contributed by atoms with Gasteiger partial charge in [0.25, 0.3) is 0 Å². The third-order valence-electron chi connectivity index (χ3n) is 2.20. The van der Waals surface area contributed by atoms with E-state index in [1.54, 1.807) is 31.3 Å². The highest BCUT2D eigenvalue weighted by Crippen LogP contribution is 2.23. The number of hydrogen-bond acceptors (Lipinski definition) is 1. The van der Waals surface area contributed by atoms with Crippen LogP contribution in [0.4, 0.5) is 13.2 Å². The molecule has 0 amide bonds. The third-order valence-corrected chi connectivity index (χ3v) is 2.20. The molecule has 0 radical (unpaired) electrons. The molecule has 2 heterocycles. The van der Waals surface area contributed by atoms with Crippen LogP contribution >= 0.6 is 0 Å². The molecular weight excluding hydrogens is 205 g/mol. The lowest BCUT2D eigenvalue weighted by molar-refractivity contribution is -0.128. The number of imidazole rings is 1. The monoisotopic (exact) mass is 214 g/mol. The van der Waals surface area contributed by atoms with Crippen LogP contribution in [-0.2, 0) is 6.42 Å². The summed E-state index contributed by atoms with van der Waals surface area (Å²) in [6.07, 6.45) is -3.54. The summed E-state index contributed by atoms with van der Waals surface area (Å²) in [6, 6.07) is 5.13. The number of rotatable bonds is 1. The molecule has 0 aliphatic rings. The van der Waals surface area contributed by atoms with Gasteiger partial charge >= 0.3 is 6.18 Å². The summed E-state index contributed by atoms with van der Waals surface area (Å²) in [7, 11) is 0. The van der Waals surface area contributed by atoms with E-state index in [-0.39, 0.29) is 5.69 Å². The Morgan fingerprint density at radius 1 is 1.33 bits per heavy atom. The topological polar surface area (TPSA) is 17.3 Å². The van der Waals surface area contributed by atoms with Crippen molar-refractivity contribution < 1.29 is 13.2 Å². The molecule has 5 heteroatoms. The maximum Gasteiger partial charge on any atom is 0.394 e. The molecule has 2 nitrogen and oxygen atoms in total. The van der Waals surface area contributed by atoms with Gasteiger partial charge in [-0.25, -0.2) is 4.98 Å². The lowest BCUT2D eigenvalue weighted by Crippen LogP contribution is -2.14. The van der Waals surface area contributed by atoms with Gasteiger partial charge in [-0.1, -0.05) is 6.07 Å². The van der Waals surface area contributed by atoms with Gasteiger partial charge < -0.3 is 4.40 Å². The lowest BCUT2D eigenvalue weighted by Gasteiger charge is -2.06. The molecule has 0 saturated carbocycles. The van der Waals surface area contributed by atoms with Crippen molar-refractivity contribution >= 4 is 5.65 Å². The van der Waals surface area contributed by atoms with Gasteiger partial charge in [-0.05, 0) is 19.1 Å². The first-order chi connectivity index (χ1) is 6.97. The van der Waals surface area contributed by atoms with Gasteiger partial charge in [-0.15, -0.1) is 0 Å². The second-order valence-corrected chi connectivity index (χ2v) is 3.36. The smallest absolute Gasteiger partial charge is 0.303 e.